The van der Waals surface area contributed by atoms with E-state index in [4.69, 9.17) is 4.74 Å². The fourth-order valence-corrected chi connectivity index (χ4v) is 5.26. The Hall–Kier alpha value is -2.22. The fraction of sp³-hybridized carbons (Fsp3) is 0.462. The molecule has 0 heterocycles. The molecule has 1 fully saturated rings. The quantitative estimate of drug-likeness (QED) is 0.626. The number of allylic oxidation sites excluding steroid dienone is 2. The van der Waals surface area contributed by atoms with E-state index in [1.165, 1.54) is 35.1 Å². The van der Waals surface area contributed by atoms with E-state index in [0.717, 1.165) is 30.4 Å². The standard InChI is InChI=1S/C26H32O2/c1-17(2)28-23-13-8-20(9-14-23)25-16-26(4)18(3)5-10-21(26)15-24(25)19-6-11-22(27)12-7-19/h6-9,11-14,17-18,21,27H,5,10,15-16H2,1-4H3. The first-order valence-electron chi connectivity index (χ1n) is 10.7. The predicted molar refractivity (Wildman–Crippen MR) is 116 cm³/mol. The number of ether oxygens (including phenoxy) is 1. The van der Waals surface area contributed by atoms with Crippen molar-refractivity contribution in [3.8, 4) is 11.5 Å². The molecule has 3 unspecified atom stereocenters. The molecule has 148 valence electrons. The molecule has 2 aromatic rings. The molecule has 0 spiro atoms. The number of phenolic OH excluding ortho intramolecular Hbond substituents is 1. The first-order valence-corrected chi connectivity index (χ1v) is 10.7. The summed E-state index contributed by atoms with van der Waals surface area (Å²) in [5, 5.41) is 9.74. The Balaban J connectivity index is 1.77. The first-order chi connectivity index (χ1) is 13.4. The van der Waals surface area contributed by atoms with Crippen molar-refractivity contribution in [3.63, 3.8) is 0 Å². The number of benzene rings is 2. The van der Waals surface area contributed by atoms with Gasteiger partial charge in [0.25, 0.3) is 0 Å². The average molecular weight is 377 g/mol. The molecule has 28 heavy (non-hydrogen) atoms. The molecule has 0 bridgehead atoms. The van der Waals surface area contributed by atoms with E-state index in [1.807, 2.05) is 12.1 Å². The van der Waals surface area contributed by atoms with E-state index in [0.29, 0.717) is 11.2 Å². The zero-order valence-corrected chi connectivity index (χ0v) is 17.5. The smallest absolute Gasteiger partial charge is 0.119 e. The minimum absolute atomic E-state index is 0.186. The van der Waals surface area contributed by atoms with Gasteiger partial charge in [0.2, 0.25) is 0 Å². The summed E-state index contributed by atoms with van der Waals surface area (Å²) in [6.07, 6.45) is 5.10. The lowest BCUT2D eigenvalue weighted by Crippen LogP contribution is -2.31. The van der Waals surface area contributed by atoms with Crippen LogP contribution in [0, 0.1) is 17.3 Å². The Morgan fingerprint density at radius 1 is 0.929 bits per heavy atom. The summed E-state index contributed by atoms with van der Waals surface area (Å²) in [5.41, 5.74) is 5.85. The molecule has 2 nitrogen and oxygen atoms in total. The zero-order chi connectivity index (χ0) is 19.9. The van der Waals surface area contributed by atoms with Crippen LogP contribution in [0.3, 0.4) is 0 Å². The van der Waals surface area contributed by atoms with Gasteiger partial charge < -0.3 is 9.84 Å². The largest absolute Gasteiger partial charge is 0.508 e. The molecule has 2 aliphatic carbocycles. The second kappa shape index (κ2) is 7.31. The number of fused-ring (bicyclic) bond motifs is 1. The molecular weight excluding hydrogens is 344 g/mol. The van der Waals surface area contributed by atoms with Crippen molar-refractivity contribution >= 4 is 11.1 Å². The van der Waals surface area contributed by atoms with Crippen molar-refractivity contribution in [2.24, 2.45) is 17.3 Å². The van der Waals surface area contributed by atoms with Crippen LogP contribution in [0.15, 0.2) is 48.5 Å². The van der Waals surface area contributed by atoms with Gasteiger partial charge >= 0.3 is 0 Å². The van der Waals surface area contributed by atoms with Gasteiger partial charge in [-0.3, -0.25) is 0 Å². The Kier molecular flexibility index (Phi) is 4.99. The van der Waals surface area contributed by atoms with Crippen molar-refractivity contribution in [2.45, 2.75) is 59.5 Å². The normalized spacial score (nSPS) is 27.2. The molecule has 0 amide bonds. The van der Waals surface area contributed by atoms with Crippen LogP contribution >= 0.6 is 0 Å². The van der Waals surface area contributed by atoms with Gasteiger partial charge in [0.05, 0.1) is 6.10 Å². The molecule has 2 aromatic carbocycles. The maximum Gasteiger partial charge on any atom is 0.119 e. The maximum atomic E-state index is 9.74. The molecule has 4 rings (SSSR count). The van der Waals surface area contributed by atoms with Crippen molar-refractivity contribution in [1.29, 1.82) is 0 Å². The van der Waals surface area contributed by atoms with Gasteiger partial charge in [-0.1, -0.05) is 38.1 Å². The Morgan fingerprint density at radius 2 is 1.54 bits per heavy atom. The van der Waals surface area contributed by atoms with Gasteiger partial charge in [0, 0.05) is 0 Å². The Labute approximate surface area is 169 Å². The lowest BCUT2D eigenvalue weighted by atomic mass is 9.62. The van der Waals surface area contributed by atoms with Crippen LogP contribution in [0.1, 0.15) is 64.5 Å². The minimum atomic E-state index is 0.186. The average Bonchev–Trinajstić information content (AvgIpc) is 2.96. The Bertz CT molecular complexity index is 860. The predicted octanol–water partition coefficient (Wildman–Crippen LogP) is 6.94. The van der Waals surface area contributed by atoms with Gasteiger partial charge in [-0.05, 0) is 103 Å². The third-order valence-electron chi connectivity index (χ3n) is 7.17. The summed E-state index contributed by atoms with van der Waals surface area (Å²) in [6, 6.07) is 16.4. The fourth-order valence-electron chi connectivity index (χ4n) is 5.26. The van der Waals surface area contributed by atoms with Gasteiger partial charge in [-0.25, -0.2) is 0 Å². The van der Waals surface area contributed by atoms with Crippen molar-refractivity contribution < 1.29 is 9.84 Å². The third-order valence-corrected chi connectivity index (χ3v) is 7.17. The second-order valence-corrected chi connectivity index (χ2v) is 9.26. The van der Waals surface area contributed by atoms with Gasteiger partial charge in [-0.15, -0.1) is 0 Å². The lowest BCUT2D eigenvalue weighted by Gasteiger charge is -2.42. The van der Waals surface area contributed by atoms with Crippen LogP contribution in [0.2, 0.25) is 0 Å². The van der Waals surface area contributed by atoms with Gasteiger partial charge in [0.15, 0.2) is 0 Å². The molecule has 2 aliphatic rings. The third kappa shape index (κ3) is 3.45. The van der Waals surface area contributed by atoms with E-state index >= 15 is 0 Å². The number of phenols is 1. The monoisotopic (exact) mass is 376 g/mol. The summed E-state index contributed by atoms with van der Waals surface area (Å²) in [5.74, 6) is 2.77. The molecule has 0 radical (unpaired) electrons. The van der Waals surface area contributed by atoms with Crippen LogP contribution in [0.25, 0.3) is 11.1 Å². The minimum Gasteiger partial charge on any atom is -0.508 e. The highest BCUT2D eigenvalue weighted by atomic mass is 16.5. The maximum absolute atomic E-state index is 9.74. The van der Waals surface area contributed by atoms with Crippen LogP contribution in [-0.2, 0) is 0 Å². The number of hydrogen-bond acceptors (Lipinski definition) is 2. The highest BCUT2D eigenvalue weighted by molar-refractivity contribution is 5.92. The van der Waals surface area contributed by atoms with E-state index in [-0.39, 0.29) is 6.10 Å². The lowest BCUT2D eigenvalue weighted by molar-refractivity contribution is 0.172. The van der Waals surface area contributed by atoms with E-state index in [9.17, 15) is 5.11 Å². The molecule has 1 saturated carbocycles. The second-order valence-electron chi connectivity index (χ2n) is 9.26. The SMILES string of the molecule is CC(C)Oc1ccc(C2=C(c3ccc(O)cc3)CC3CCC(C)C3(C)C2)cc1. The van der Waals surface area contributed by atoms with Crippen molar-refractivity contribution in [1.82, 2.24) is 0 Å². The summed E-state index contributed by atoms with van der Waals surface area (Å²) in [7, 11) is 0. The highest BCUT2D eigenvalue weighted by Crippen LogP contribution is 2.59. The van der Waals surface area contributed by atoms with Crippen LogP contribution in [0.4, 0.5) is 0 Å². The summed E-state index contributed by atoms with van der Waals surface area (Å²) in [6.45, 7) is 9.05. The number of aromatic hydroxyl groups is 1. The summed E-state index contributed by atoms with van der Waals surface area (Å²) >= 11 is 0. The molecule has 2 heteroatoms. The zero-order valence-electron chi connectivity index (χ0n) is 17.5. The molecular formula is C26H32O2. The molecule has 0 aromatic heterocycles. The molecule has 0 saturated heterocycles. The molecule has 1 N–H and O–H groups in total. The van der Waals surface area contributed by atoms with Crippen LogP contribution in [0.5, 0.6) is 11.5 Å². The van der Waals surface area contributed by atoms with Crippen LogP contribution in [-0.4, -0.2) is 11.2 Å². The van der Waals surface area contributed by atoms with Gasteiger partial charge in [-0.2, -0.15) is 0 Å². The molecule has 0 aliphatic heterocycles. The van der Waals surface area contributed by atoms with E-state index in [1.54, 1.807) is 0 Å². The van der Waals surface area contributed by atoms with E-state index < -0.39 is 0 Å². The van der Waals surface area contributed by atoms with Crippen LogP contribution < -0.4 is 4.74 Å². The molecule has 3 atom stereocenters. The topological polar surface area (TPSA) is 29.5 Å². The number of rotatable bonds is 4. The van der Waals surface area contributed by atoms with E-state index in [2.05, 4.69) is 64.1 Å². The summed E-state index contributed by atoms with van der Waals surface area (Å²) in [4.78, 5) is 0. The Morgan fingerprint density at radius 3 is 2.18 bits per heavy atom. The summed E-state index contributed by atoms with van der Waals surface area (Å²) < 4.78 is 5.84. The van der Waals surface area contributed by atoms with Gasteiger partial charge in [0.1, 0.15) is 11.5 Å². The first kappa shape index (κ1) is 19.1. The highest BCUT2D eigenvalue weighted by Gasteiger charge is 2.47. The van der Waals surface area contributed by atoms with Crippen molar-refractivity contribution in [2.75, 3.05) is 0 Å². The number of hydrogen-bond donors (Lipinski definition) is 1. The van der Waals surface area contributed by atoms with Crippen molar-refractivity contribution in [3.05, 3.63) is 59.7 Å².